The summed E-state index contributed by atoms with van der Waals surface area (Å²) in [6.45, 7) is 2.87. The molecule has 0 radical (unpaired) electrons. The number of aryl methyl sites for hydroxylation is 1. The number of benzene rings is 1. The highest BCUT2D eigenvalue weighted by molar-refractivity contribution is 9.10. The van der Waals surface area contributed by atoms with Crippen LogP contribution >= 0.6 is 39.5 Å². The van der Waals surface area contributed by atoms with Crippen molar-refractivity contribution >= 4 is 50.2 Å². The van der Waals surface area contributed by atoms with E-state index in [0.29, 0.717) is 4.99 Å². The van der Waals surface area contributed by atoms with Crippen LogP contribution in [0.2, 0.25) is 0 Å². The number of nitrogens with zero attached hydrogens (tertiary/aromatic N) is 1. The molecule has 0 bridgehead atoms. The van der Waals surface area contributed by atoms with Gasteiger partial charge in [-0.3, -0.25) is 0 Å². The fourth-order valence-electron chi connectivity index (χ4n) is 1.68. The van der Waals surface area contributed by atoms with Crippen molar-refractivity contribution < 1.29 is 0 Å². The molecule has 0 aliphatic heterocycles. The SMILES string of the molecule is Cc1nc(CCNc2ccc(C(N)=S)c(Br)c2)cs1. The van der Waals surface area contributed by atoms with Gasteiger partial charge in [-0.1, -0.05) is 12.2 Å². The number of anilines is 1. The summed E-state index contributed by atoms with van der Waals surface area (Å²) < 4.78 is 0.912. The molecule has 100 valence electrons. The molecule has 0 amide bonds. The molecular formula is C13H14BrN3S2. The number of rotatable bonds is 5. The molecule has 0 unspecified atom stereocenters. The molecule has 2 rings (SSSR count). The lowest BCUT2D eigenvalue weighted by atomic mass is 10.2. The van der Waals surface area contributed by atoms with Gasteiger partial charge in [0, 0.05) is 34.1 Å². The Bertz CT molecular complexity index is 595. The largest absolute Gasteiger partial charge is 0.389 e. The zero-order valence-corrected chi connectivity index (χ0v) is 13.7. The van der Waals surface area contributed by atoms with Crippen LogP contribution < -0.4 is 11.1 Å². The summed E-state index contributed by atoms with van der Waals surface area (Å²) in [5.74, 6) is 0. The molecule has 2 aromatic rings. The summed E-state index contributed by atoms with van der Waals surface area (Å²) in [5.41, 5.74) is 8.65. The molecule has 0 saturated carbocycles. The lowest BCUT2D eigenvalue weighted by molar-refractivity contribution is 0.968. The Hall–Kier alpha value is -0.980. The van der Waals surface area contributed by atoms with Gasteiger partial charge in [0.25, 0.3) is 0 Å². The number of halogens is 1. The normalized spacial score (nSPS) is 10.4. The second-order valence-corrected chi connectivity index (χ2v) is 6.45. The molecule has 3 nitrogen and oxygen atoms in total. The molecule has 19 heavy (non-hydrogen) atoms. The molecule has 0 aliphatic carbocycles. The van der Waals surface area contributed by atoms with Gasteiger partial charge in [-0.05, 0) is 41.1 Å². The quantitative estimate of drug-likeness (QED) is 0.805. The second-order valence-electron chi connectivity index (χ2n) is 4.09. The van der Waals surface area contributed by atoms with Gasteiger partial charge in [0.15, 0.2) is 0 Å². The summed E-state index contributed by atoms with van der Waals surface area (Å²) in [5, 5.41) is 6.57. The van der Waals surface area contributed by atoms with E-state index in [9.17, 15) is 0 Å². The van der Waals surface area contributed by atoms with Crippen molar-refractivity contribution in [1.29, 1.82) is 0 Å². The van der Waals surface area contributed by atoms with E-state index in [2.05, 4.69) is 31.6 Å². The lowest BCUT2D eigenvalue weighted by Crippen LogP contribution is -2.11. The summed E-state index contributed by atoms with van der Waals surface area (Å²) in [6, 6.07) is 5.88. The first-order chi connectivity index (χ1) is 9.06. The summed E-state index contributed by atoms with van der Waals surface area (Å²) >= 11 is 10.1. The summed E-state index contributed by atoms with van der Waals surface area (Å²) in [6.07, 6.45) is 0.916. The van der Waals surface area contributed by atoms with E-state index < -0.39 is 0 Å². The van der Waals surface area contributed by atoms with Gasteiger partial charge in [0.05, 0.1) is 10.7 Å². The van der Waals surface area contributed by atoms with Gasteiger partial charge in [0.2, 0.25) is 0 Å². The van der Waals surface area contributed by atoms with Crippen molar-refractivity contribution in [3.63, 3.8) is 0 Å². The maximum Gasteiger partial charge on any atom is 0.105 e. The first-order valence-electron chi connectivity index (χ1n) is 5.80. The fourth-order valence-corrected chi connectivity index (χ4v) is 3.23. The van der Waals surface area contributed by atoms with Gasteiger partial charge < -0.3 is 11.1 Å². The summed E-state index contributed by atoms with van der Waals surface area (Å²) in [7, 11) is 0. The Morgan fingerprint density at radius 3 is 2.89 bits per heavy atom. The number of thiocarbonyl (C=S) groups is 1. The molecular weight excluding hydrogens is 342 g/mol. The van der Waals surface area contributed by atoms with Crippen LogP contribution in [0.4, 0.5) is 5.69 Å². The van der Waals surface area contributed by atoms with E-state index in [0.717, 1.165) is 39.4 Å². The molecule has 0 fully saturated rings. The lowest BCUT2D eigenvalue weighted by Gasteiger charge is -2.08. The molecule has 3 N–H and O–H groups in total. The molecule has 0 atom stereocenters. The third-order valence-corrected chi connectivity index (χ3v) is 4.31. The molecule has 0 aliphatic rings. The third-order valence-electron chi connectivity index (χ3n) is 2.61. The van der Waals surface area contributed by atoms with E-state index in [1.807, 2.05) is 25.1 Å². The van der Waals surface area contributed by atoms with E-state index in [1.165, 1.54) is 0 Å². The van der Waals surface area contributed by atoms with Gasteiger partial charge in [-0.15, -0.1) is 11.3 Å². The average Bonchev–Trinajstić information content (AvgIpc) is 2.75. The van der Waals surface area contributed by atoms with E-state index in [1.54, 1.807) is 11.3 Å². The molecule has 1 aromatic heterocycles. The van der Waals surface area contributed by atoms with Crippen LogP contribution in [-0.2, 0) is 6.42 Å². The standard InChI is InChI=1S/C13H14BrN3S2/c1-8-17-10(7-19-8)4-5-16-9-2-3-11(13(15)18)12(14)6-9/h2-3,6-7,16H,4-5H2,1H3,(H2,15,18). The van der Waals surface area contributed by atoms with Crippen LogP contribution in [0.15, 0.2) is 28.1 Å². The van der Waals surface area contributed by atoms with Gasteiger partial charge in [-0.25, -0.2) is 4.98 Å². The van der Waals surface area contributed by atoms with Crippen molar-refractivity contribution in [2.45, 2.75) is 13.3 Å². The minimum absolute atomic E-state index is 0.399. The average molecular weight is 356 g/mol. The predicted octanol–water partition coefficient (Wildman–Crippen LogP) is 3.50. The first kappa shape index (κ1) is 14.4. The molecule has 1 aromatic carbocycles. The molecule has 0 spiro atoms. The Morgan fingerprint density at radius 1 is 1.53 bits per heavy atom. The van der Waals surface area contributed by atoms with Crippen LogP contribution in [0.25, 0.3) is 0 Å². The van der Waals surface area contributed by atoms with E-state index in [-0.39, 0.29) is 0 Å². The Labute approximate surface area is 130 Å². The molecule has 6 heteroatoms. The first-order valence-corrected chi connectivity index (χ1v) is 7.88. The zero-order chi connectivity index (χ0) is 13.8. The van der Waals surface area contributed by atoms with Crippen LogP contribution in [-0.4, -0.2) is 16.5 Å². The van der Waals surface area contributed by atoms with Gasteiger partial charge >= 0.3 is 0 Å². The zero-order valence-electron chi connectivity index (χ0n) is 10.4. The summed E-state index contributed by atoms with van der Waals surface area (Å²) in [4.78, 5) is 4.83. The number of nitrogens with two attached hydrogens (primary N) is 1. The maximum atomic E-state index is 5.62. The predicted molar refractivity (Wildman–Crippen MR) is 89.1 cm³/mol. The Kier molecular flexibility index (Phi) is 4.90. The van der Waals surface area contributed by atoms with Gasteiger partial charge in [0.1, 0.15) is 4.99 Å². The van der Waals surface area contributed by atoms with Crippen LogP contribution in [0.5, 0.6) is 0 Å². The monoisotopic (exact) mass is 355 g/mol. The maximum absolute atomic E-state index is 5.62. The van der Waals surface area contributed by atoms with Crippen molar-refractivity contribution in [3.05, 3.63) is 44.3 Å². The van der Waals surface area contributed by atoms with Crippen LogP contribution in [0.1, 0.15) is 16.3 Å². The molecule has 0 saturated heterocycles. The Morgan fingerprint density at radius 2 is 2.32 bits per heavy atom. The molecule has 1 heterocycles. The topological polar surface area (TPSA) is 50.9 Å². The number of hydrogen-bond acceptors (Lipinski definition) is 4. The third kappa shape index (κ3) is 3.99. The number of hydrogen-bond donors (Lipinski definition) is 2. The highest BCUT2D eigenvalue weighted by Crippen LogP contribution is 2.21. The fraction of sp³-hybridized carbons (Fsp3) is 0.231. The number of thiazole rings is 1. The van der Waals surface area contributed by atoms with Crippen molar-refractivity contribution in [2.24, 2.45) is 5.73 Å². The highest BCUT2D eigenvalue weighted by Gasteiger charge is 2.04. The van der Waals surface area contributed by atoms with E-state index in [4.69, 9.17) is 18.0 Å². The van der Waals surface area contributed by atoms with Crippen LogP contribution in [0.3, 0.4) is 0 Å². The minimum Gasteiger partial charge on any atom is -0.389 e. The number of aromatic nitrogens is 1. The Balaban J connectivity index is 1.93. The number of nitrogens with one attached hydrogen (secondary N) is 1. The highest BCUT2D eigenvalue weighted by atomic mass is 79.9. The van der Waals surface area contributed by atoms with Crippen molar-refractivity contribution in [2.75, 3.05) is 11.9 Å². The van der Waals surface area contributed by atoms with Crippen molar-refractivity contribution in [3.8, 4) is 0 Å². The van der Waals surface area contributed by atoms with Crippen LogP contribution in [0, 0.1) is 6.92 Å². The van der Waals surface area contributed by atoms with Crippen molar-refractivity contribution in [1.82, 2.24) is 4.98 Å². The smallest absolute Gasteiger partial charge is 0.105 e. The van der Waals surface area contributed by atoms with E-state index >= 15 is 0 Å². The van der Waals surface area contributed by atoms with Gasteiger partial charge in [-0.2, -0.15) is 0 Å². The minimum atomic E-state index is 0.399. The second kappa shape index (κ2) is 6.45.